The van der Waals surface area contributed by atoms with Crippen molar-refractivity contribution in [2.75, 3.05) is 6.61 Å². The van der Waals surface area contributed by atoms with E-state index in [2.05, 4.69) is 5.32 Å². The van der Waals surface area contributed by atoms with Crippen LogP contribution in [-0.2, 0) is 16.1 Å². The first-order chi connectivity index (χ1) is 14.7. The van der Waals surface area contributed by atoms with Gasteiger partial charge in [-0.3, -0.25) is 9.59 Å². The van der Waals surface area contributed by atoms with Crippen LogP contribution >= 0.6 is 0 Å². The maximum absolute atomic E-state index is 13.2. The monoisotopic (exact) mass is 424 g/mol. The van der Waals surface area contributed by atoms with E-state index in [4.69, 9.17) is 4.74 Å². The summed E-state index contributed by atoms with van der Waals surface area (Å²) in [6.07, 6.45) is 1.37. The molecule has 0 bridgehead atoms. The Kier molecular flexibility index (Phi) is 9.10. The van der Waals surface area contributed by atoms with Crippen LogP contribution in [0.2, 0.25) is 0 Å². The van der Waals surface area contributed by atoms with E-state index in [0.29, 0.717) is 18.7 Å². The molecule has 168 valence electrons. The van der Waals surface area contributed by atoms with Crippen LogP contribution in [0.1, 0.15) is 55.9 Å². The second-order valence-corrected chi connectivity index (χ2v) is 8.28. The molecule has 0 radical (unpaired) electrons. The van der Waals surface area contributed by atoms with E-state index in [1.165, 1.54) is 5.56 Å². The van der Waals surface area contributed by atoms with Crippen LogP contribution < -0.4 is 10.1 Å². The highest BCUT2D eigenvalue weighted by Gasteiger charge is 2.29. The van der Waals surface area contributed by atoms with E-state index in [1.807, 2.05) is 84.0 Å². The fourth-order valence-corrected chi connectivity index (χ4v) is 3.28. The summed E-state index contributed by atoms with van der Waals surface area (Å²) >= 11 is 0. The van der Waals surface area contributed by atoms with Gasteiger partial charge in [-0.15, -0.1) is 0 Å². The molecule has 31 heavy (non-hydrogen) atoms. The van der Waals surface area contributed by atoms with Crippen molar-refractivity contribution in [3.63, 3.8) is 0 Å². The van der Waals surface area contributed by atoms with Crippen molar-refractivity contribution in [1.29, 1.82) is 0 Å². The SMILES string of the molecule is CC[C@H](C)NC(=O)[C@H](CC)N(Cc1ccc(C)cc1)C(=O)COc1ccc(C)c(C)c1. The molecular formula is C26H36N2O3. The first kappa shape index (κ1) is 24.4. The van der Waals surface area contributed by atoms with Gasteiger partial charge in [0.1, 0.15) is 11.8 Å². The molecule has 0 fully saturated rings. The summed E-state index contributed by atoms with van der Waals surface area (Å²) in [6.45, 7) is 12.3. The maximum Gasteiger partial charge on any atom is 0.261 e. The summed E-state index contributed by atoms with van der Waals surface area (Å²) in [5, 5.41) is 3.02. The Bertz CT molecular complexity index is 877. The minimum absolute atomic E-state index is 0.0599. The standard InChI is InChI=1S/C26H36N2O3/c1-7-21(6)27-26(30)24(8-2)28(16-22-12-9-18(3)10-13-22)25(29)17-31-23-14-11-19(4)20(5)15-23/h9-15,21,24H,7-8,16-17H2,1-6H3,(H,27,30)/t21-,24-/m0/s1. The molecule has 0 heterocycles. The van der Waals surface area contributed by atoms with Gasteiger partial charge >= 0.3 is 0 Å². The van der Waals surface area contributed by atoms with Gasteiger partial charge in [0.25, 0.3) is 5.91 Å². The topological polar surface area (TPSA) is 58.6 Å². The minimum Gasteiger partial charge on any atom is -0.484 e. The molecule has 2 aromatic carbocycles. The van der Waals surface area contributed by atoms with Crippen LogP contribution in [0.25, 0.3) is 0 Å². The first-order valence-electron chi connectivity index (χ1n) is 11.1. The van der Waals surface area contributed by atoms with E-state index in [9.17, 15) is 9.59 Å². The third-order valence-electron chi connectivity index (χ3n) is 5.70. The quantitative estimate of drug-likeness (QED) is 0.601. The van der Waals surface area contributed by atoms with E-state index in [-0.39, 0.29) is 24.5 Å². The Balaban J connectivity index is 2.21. The van der Waals surface area contributed by atoms with Crippen molar-refractivity contribution in [3.05, 3.63) is 64.7 Å². The van der Waals surface area contributed by atoms with Gasteiger partial charge in [0.15, 0.2) is 6.61 Å². The zero-order valence-corrected chi connectivity index (χ0v) is 19.7. The van der Waals surface area contributed by atoms with Gasteiger partial charge in [-0.1, -0.05) is 49.7 Å². The van der Waals surface area contributed by atoms with Gasteiger partial charge in [-0.05, 0) is 69.4 Å². The van der Waals surface area contributed by atoms with Crippen molar-refractivity contribution < 1.29 is 14.3 Å². The Morgan fingerprint density at radius 3 is 2.23 bits per heavy atom. The molecule has 2 aromatic rings. The summed E-state index contributed by atoms with van der Waals surface area (Å²) in [4.78, 5) is 27.8. The fourth-order valence-electron chi connectivity index (χ4n) is 3.28. The molecule has 0 aliphatic carbocycles. The zero-order chi connectivity index (χ0) is 23.0. The number of ether oxygens (including phenoxy) is 1. The van der Waals surface area contributed by atoms with Crippen LogP contribution in [0.5, 0.6) is 5.75 Å². The molecule has 5 heteroatoms. The maximum atomic E-state index is 13.2. The number of nitrogens with one attached hydrogen (secondary N) is 1. The second-order valence-electron chi connectivity index (χ2n) is 8.28. The number of carbonyl (C=O) groups excluding carboxylic acids is 2. The molecule has 2 amide bonds. The second kappa shape index (κ2) is 11.5. The molecule has 1 N–H and O–H groups in total. The molecule has 0 saturated heterocycles. The molecule has 0 unspecified atom stereocenters. The molecule has 0 saturated carbocycles. The number of hydrogen-bond donors (Lipinski definition) is 1. The molecule has 5 nitrogen and oxygen atoms in total. The van der Waals surface area contributed by atoms with Crippen molar-refractivity contribution in [1.82, 2.24) is 10.2 Å². The minimum atomic E-state index is -0.550. The van der Waals surface area contributed by atoms with E-state index < -0.39 is 6.04 Å². The van der Waals surface area contributed by atoms with E-state index in [0.717, 1.165) is 23.1 Å². The van der Waals surface area contributed by atoms with Crippen molar-refractivity contribution >= 4 is 11.8 Å². The van der Waals surface area contributed by atoms with Crippen molar-refractivity contribution in [3.8, 4) is 5.75 Å². The largest absolute Gasteiger partial charge is 0.484 e. The zero-order valence-electron chi connectivity index (χ0n) is 19.7. The third-order valence-corrected chi connectivity index (χ3v) is 5.70. The normalized spacial score (nSPS) is 12.7. The highest BCUT2D eigenvalue weighted by atomic mass is 16.5. The summed E-state index contributed by atoms with van der Waals surface area (Å²) < 4.78 is 5.80. The Morgan fingerprint density at radius 1 is 0.968 bits per heavy atom. The molecule has 2 rings (SSSR count). The highest BCUT2D eigenvalue weighted by Crippen LogP contribution is 2.18. The van der Waals surface area contributed by atoms with Crippen molar-refractivity contribution in [2.45, 2.75) is 73.0 Å². The summed E-state index contributed by atoms with van der Waals surface area (Å²) in [7, 11) is 0. The number of amides is 2. The Labute approximate surface area is 186 Å². The number of rotatable bonds is 10. The van der Waals surface area contributed by atoms with Gasteiger partial charge in [-0.25, -0.2) is 0 Å². The molecule has 0 aliphatic rings. The first-order valence-corrected chi connectivity index (χ1v) is 11.1. The smallest absolute Gasteiger partial charge is 0.261 e. The molecule has 0 aliphatic heterocycles. The average Bonchev–Trinajstić information content (AvgIpc) is 2.75. The van der Waals surface area contributed by atoms with Crippen LogP contribution in [0.15, 0.2) is 42.5 Å². The molecular weight excluding hydrogens is 388 g/mol. The van der Waals surface area contributed by atoms with E-state index in [1.54, 1.807) is 4.90 Å². The number of nitrogens with zero attached hydrogens (tertiary/aromatic N) is 1. The predicted molar refractivity (Wildman–Crippen MR) is 125 cm³/mol. The molecule has 0 spiro atoms. The van der Waals surface area contributed by atoms with Gasteiger partial charge in [0.05, 0.1) is 0 Å². The van der Waals surface area contributed by atoms with Crippen LogP contribution in [-0.4, -0.2) is 35.4 Å². The molecule has 0 aromatic heterocycles. The summed E-state index contributed by atoms with van der Waals surface area (Å²) in [5.41, 5.74) is 4.43. The van der Waals surface area contributed by atoms with Gasteiger partial charge in [-0.2, -0.15) is 0 Å². The van der Waals surface area contributed by atoms with Crippen LogP contribution in [0, 0.1) is 20.8 Å². The lowest BCUT2D eigenvalue weighted by atomic mass is 10.1. The van der Waals surface area contributed by atoms with Crippen LogP contribution in [0.4, 0.5) is 0 Å². The Hall–Kier alpha value is -2.82. The number of benzene rings is 2. The fraction of sp³-hybridized carbons (Fsp3) is 0.462. The highest BCUT2D eigenvalue weighted by molar-refractivity contribution is 5.88. The van der Waals surface area contributed by atoms with Gasteiger partial charge in [0.2, 0.25) is 5.91 Å². The molecule has 2 atom stereocenters. The lowest BCUT2D eigenvalue weighted by Crippen LogP contribution is -2.51. The number of aryl methyl sites for hydroxylation is 3. The Morgan fingerprint density at radius 2 is 1.65 bits per heavy atom. The van der Waals surface area contributed by atoms with Crippen molar-refractivity contribution in [2.24, 2.45) is 0 Å². The van der Waals surface area contributed by atoms with Gasteiger partial charge < -0.3 is 15.0 Å². The van der Waals surface area contributed by atoms with Crippen LogP contribution in [0.3, 0.4) is 0 Å². The number of hydrogen-bond acceptors (Lipinski definition) is 3. The summed E-state index contributed by atoms with van der Waals surface area (Å²) in [6, 6.07) is 13.3. The third kappa shape index (κ3) is 7.12. The lowest BCUT2D eigenvalue weighted by molar-refractivity contribution is -0.143. The average molecular weight is 425 g/mol. The predicted octanol–water partition coefficient (Wildman–Crippen LogP) is 4.71. The van der Waals surface area contributed by atoms with Gasteiger partial charge in [0, 0.05) is 12.6 Å². The lowest BCUT2D eigenvalue weighted by Gasteiger charge is -2.31. The number of carbonyl (C=O) groups is 2. The summed E-state index contributed by atoms with van der Waals surface area (Å²) in [5.74, 6) is 0.331. The van der Waals surface area contributed by atoms with E-state index >= 15 is 0 Å².